The van der Waals surface area contributed by atoms with Gasteiger partial charge in [-0.15, -0.1) is 0 Å². The van der Waals surface area contributed by atoms with Crippen LogP contribution in [0.15, 0.2) is 65.4 Å². The Balaban J connectivity index is 1.67. The fraction of sp³-hybridized carbons (Fsp3) is 0.0588. The van der Waals surface area contributed by atoms with Gasteiger partial charge in [0.1, 0.15) is 5.69 Å². The Kier molecular flexibility index (Phi) is 4.59. The summed E-state index contributed by atoms with van der Waals surface area (Å²) in [5.74, 6) is 0.661. The van der Waals surface area contributed by atoms with Gasteiger partial charge in [-0.3, -0.25) is 4.98 Å². The van der Waals surface area contributed by atoms with Crippen molar-refractivity contribution in [3.05, 3.63) is 71.6 Å². The summed E-state index contributed by atoms with van der Waals surface area (Å²) in [5.41, 5.74) is 2.12. The Morgan fingerprint density at radius 1 is 1.13 bits per heavy atom. The van der Waals surface area contributed by atoms with Crippen molar-refractivity contribution in [1.82, 2.24) is 10.3 Å². The number of amides is 2. The zero-order valence-corrected chi connectivity index (χ0v) is 12.9. The Hall–Kier alpha value is -2.79. The van der Waals surface area contributed by atoms with Gasteiger partial charge in [-0.1, -0.05) is 29.8 Å². The first kappa shape index (κ1) is 15.1. The third-order valence-corrected chi connectivity index (χ3v) is 3.54. The Labute approximate surface area is 138 Å². The number of benzene rings is 1. The predicted molar refractivity (Wildman–Crippen MR) is 89.2 cm³/mol. The fourth-order valence-electron chi connectivity index (χ4n) is 2.12. The van der Waals surface area contributed by atoms with Crippen LogP contribution >= 0.6 is 11.6 Å². The van der Waals surface area contributed by atoms with E-state index in [1.54, 1.807) is 42.8 Å². The van der Waals surface area contributed by atoms with Gasteiger partial charge >= 0.3 is 6.03 Å². The maximum atomic E-state index is 12.0. The van der Waals surface area contributed by atoms with Crippen molar-refractivity contribution in [2.75, 3.05) is 5.32 Å². The van der Waals surface area contributed by atoms with Crippen molar-refractivity contribution in [3.63, 3.8) is 0 Å². The number of anilines is 1. The van der Waals surface area contributed by atoms with Gasteiger partial charge in [-0.2, -0.15) is 0 Å². The molecule has 2 N–H and O–H groups in total. The highest BCUT2D eigenvalue weighted by Gasteiger charge is 2.10. The highest BCUT2D eigenvalue weighted by molar-refractivity contribution is 6.33. The number of urea groups is 1. The number of halogens is 1. The van der Waals surface area contributed by atoms with Gasteiger partial charge in [0.2, 0.25) is 0 Å². The Bertz CT molecular complexity index is 803. The molecule has 3 aromatic rings. The monoisotopic (exact) mass is 327 g/mol. The smallest absolute Gasteiger partial charge is 0.319 e. The van der Waals surface area contributed by atoms with Gasteiger partial charge in [0, 0.05) is 18.3 Å². The molecule has 0 aliphatic carbocycles. The van der Waals surface area contributed by atoms with E-state index in [1.807, 2.05) is 18.2 Å². The highest BCUT2D eigenvalue weighted by Crippen LogP contribution is 2.22. The standard InChI is InChI=1S/C17H14ClN3O2/c18-13-6-1-2-7-14(13)21-17(22)20-11-12-5-3-9-19-16(12)15-8-4-10-23-15/h1-10H,11H2,(H2,20,21,22). The quantitative estimate of drug-likeness (QED) is 0.750. The first-order valence-corrected chi connectivity index (χ1v) is 7.39. The Morgan fingerprint density at radius 2 is 2.00 bits per heavy atom. The average molecular weight is 328 g/mol. The number of furan rings is 1. The highest BCUT2D eigenvalue weighted by atomic mass is 35.5. The van der Waals surface area contributed by atoms with Gasteiger partial charge < -0.3 is 15.1 Å². The minimum Gasteiger partial charge on any atom is -0.463 e. The lowest BCUT2D eigenvalue weighted by Gasteiger charge is -2.10. The van der Waals surface area contributed by atoms with Crippen molar-refractivity contribution < 1.29 is 9.21 Å². The number of carbonyl (C=O) groups is 1. The molecule has 0 aliphatic heterocycles. The largest absolute Gasteiger partial charge is 0.463 e. The minimum atomic E-state index is -0.340. The maximum absolute atomic E-state index is 12.0. The average Bonchev–Trinajstić information content (AvgIpc) is 3.10. The third-order valence-electron chi connectivity index (χ3n) is 3.21. The molecule has 0 bridgehead atoms. The van der Waals surface area contributed by atoms with Crippen LogP contribution in [0, 0.1) is 0 Å². The van der Waals surface area contributed by atoms with Crippen molar-refractivity contribution in [2.45, 2.75) is 6.54 Å². The van der Waals surface area contributed by atoms with E-state index in [-0.39, 0.29) is 6.03 Å². The molecule has 6 heteroatoms. The van der Waals surface area contributed by atoms with Gasteiger partial charge in [-0.05, 0) is 30.3 Å². The summed E-state index contributed by atoms with van der Waals surface area (Å²) in [4.78, 5) is 16.3. The topological polar surface area (TPSA) is 67.2 Å². The van der Waals surface area contributed by atoms with E-state index in [9.17, 15) is 4.79 Å². The van der Waals surface area contributed by atoms with E-state index in [2.05, 4.69) is 15.6 Å². The molecule has 0 radical (unpaired) electrons. The van der Waals surface area contributed by atoms with E-state index in [1.165, 1.54) is 0 Å². The molecule has 0 unspecified atom stereocenters. The maximum Gasteiger partial charge on any atom is 0.319 e. The van der Waals surface area contributed by atoms with Gasteiger partial charge in [0.25, 0.3) is 0 Å². The molecule has 2 amide bonds. The number of pyridine rings is 1. The lowest BCUT2D eigenvalue weighted by Crippen LogP contribution is -2.28. The second-order valence-corrected chi connectivity index (χ2v) is 5.18. The molecule has 5 nitrogen and oxygen atoms in total. The van der Waals surface area contributed by atoms with Crippen LogP contribution < -0.4 is 10.6 Å². The van der Waals surface area contributed by atoms with Crippen molar-refractivity contribution in [2.24, 2.45) is 0 Å². The molecular weight excluding hydrogens is 314 g/mol. The molecule has 2 aromatic heterocycles. The predicted octanol–water partition coefficient (Wildman–Crippen LogP) is 4.32. The second kappa shape index (κ2) is 6.98. The van der Waals surface area contributed by atoms with Crippen molar-refractivity contribution in [3.8, 4) is 11.5 Å². The van der Waals surface area contributed by atoms with Crippen LogP contribution in [0.2, 0.25) is 5.02 Å². The number of para-hydroxylation sites is 1. The summed E-state index contributed by atoms with van der Waals surface area (Å²) < 4.78 is 5.37. The molecule has 0 atom stereocenters. The molecule has 2 heterocycles. The van der Waals surface area contributed by atoms with Crippen molar-refractivity contribution in [1.29, 1.82) is 0 Å². The van der Waals surface area contributed by atoms with Gasteiger partial charge in [-0.25, -0.2) is 4.79 Å². The summed E-state index contributed by atoms with van der Waals surface area (Å²) in [7, 11) is 0. The number of hydrogen-bond acceptors (Lipinski definition) is 3. The van der Waals surface area contributed by atoms with E-state index >= 15 is 0 Å². The Morgan fingerprint density at radius 3 is 2.78 bits per heavy atom. The van der Waals surface area contributed by atoms with Crippen LogP contribution in [0.4, 0.5) is 10.5 Å². The first-order valence-electron chi connectivity index (χ1n) is 7.01. The number of nitrogens with one attached hydrogen (secondary N) is 2. The number of aromatic nitrogens is 1. The zero-order valence-electron chi connectivity index (χ0n) is 12.1. The third kappa shape index (κ3) is 3.70. The lowest BCUT2D eigenvalue weighted by atomic mass is 10.1. The molecule has 116 valence electrons. The summed E-state index contributed by atoms with van der Waals surface area (Å²) in [6, 6.07) is 14.0. The number of rotatable bonds is 4. The van der Waals surface area contributed by atoms with E-state index in [0.717, 1.165) is 5.56 Å². The van der Waals surface area contributed by atoms with Crippen LogP contribution in [-0.4, -0.2) is 11.0 Å². The summed E-state index contributed by atoms with van der Waals surface area (Å²) in [6.45, 7) is 0.320. The van der Waals surface area contributed by atoms with Crippen molar-refractivity contribution >= 4 is 23.3 Å². The molecule has 0 saturated heterocycles. The number of nitrogens with zero attached hydrogens (tertiary/aromatic N) is 1. The zero-order chi connectivity index (χ0) is 16.1. The molecule has 0 fully saturated rings. The SMILES string of the molecule is O=C(NCc1cccnc1-c1ccco1)Nc1ccccc1Cl. The lowest BCUT2D eigenvalue weighted by molar-refractivity contribution is 0.251. The van der Waals surface area contributed by atoms with Crippen LogP contribution in [0.3, 0.4) is 0 Å². The molecule has 0 spiro atoms. The molecule has 0 saturated carbocycles. The molecule has 23 heavy (non-hydrogen) atoms. The molecule has 0 aliphatic rings. The van der Waals surface area contributed by atoms with Crippen LogP contribution in [-0.2, 0) is 6.54 Å². The molecular formula is C17H14ClN3O2. The summed E-state index contributed by atoms with van der Waals surface area (Å²) in [6.07, 6.45) is 3.27. The van der Waals surface area contributed by atoms with E-state index in [0.29, 0.717) is 28.7 Å². The summed E-state index contributed by atoms with van der Waals surface area (Å²) >= 11 is 6.01. The minimum absolute atomic E-state index is 0.320. The second-order valence-electron chi connectivity index (χ2n) is 4.78. The van der Waals surface area contributed by atoms with E-state index < -0.39 is 0 Å². The van der Waals surface area contributed by atoms with Gasteiger partial charge in [0.05, 0.1) is 17.0 Å². The van der Waals surface area contributed by atoms with Crippen LogP contribution in [0.25, 0.3) is 11.5 Å². The molecule has 3 rings (SSSR count). The molecule has 1 aromatic carbocycles. The fourth-order valence-corrected chi connectivity index (χ4v) is 2.30. The summed E-state index contributed by atoms with van der Waals surface area (Å²) in [5, 5.41) is 5.98. The van der Waals surface area contributed by atoms with Crippen LogP contribution in [0.1, 0.15) is 5.56 Å². The van der Waals surface area contributed by atoms with E-state index in [4.69, 9.17) is 16.0 Å². The number of hydrogen-bond donors (Lipinski definition) is 2. The normalized spacial score (nSPS) is 10.3. The number of carbonyl (C=O) groups excluding carboxylic acids is 1. The van der Waals surface area contributed by atoms with Crippen LogP contribution in [0.5, 0.6) is 0 Å². The first-order chi connectivity index (χ1) is 11.2. The van der Waals surface area contributed by atoms with Gasteiger partial charge in [0.15, 0.2) is 5.76 Å².